The second-order valence-corrected chi connectivity index (χ2v) is 4.75. The fourth-order valence-corrected chi connectivity index (χ4v) is 2.34. The minimum atomic E-state index is 0.382. The van der Waals surface area contributed by atoms with E-state index in [1.165, 1.54) is 24.8 Å². The molecule has 1 aliphatic rings. The summed E-state index contributed by atoms with van der Waals surface area (Å²) in [5, 5.41) is 0. The second-order valence-electron chi connectivity index (χ2n) is 4.22. The third-order valence-electron chi connectivity index (χ3n) is 2.77. The molecule has 0 heterocycles. The minimum absolute atomic E-state index is 0.382. The molecular formula is C11H17Br. The molecule has 12 heavy (non-hydrogen) atoms. The summed E-state index contributed by atoms with van der Waals surface area (Å²) in [6.07, 6.45) is 6.14. The maximum absolute atomic E-state index is 3.35. The summed E-state index contributed by atoms with van der Waals surface area (Å²) in [6.45, 7) is 6.92. The van der Waals surface area contributed by atoms with E-state index < -0.39 is 0 Å². The fourth-order valence-electron chi connectivity index (χ4n) is 2.07. The Morgan fingerprint density at radius 1 is 1.42 bits per heavy atom. The lowest BCUT2D eigenvalue weighted by Gasteiger charge is -2.32. The molecule has 0 bridgehead atoms. The van der Waals surface area contributed by atoms with Crippen molar-refractivity contribution in [3.05, 3.63) is 22.2 Å². The van der Waals surface area contributed by atoms with E-state index in [1.807, 2.05) is 4.99 Å². The van der Waals surface area contributed by atoms with Gasteiger partial charge in [-0.2, -0.15) is 0 Å². The largest absolute Gasteiger partial charge is 0.0696 e. The van der Waals surface area contributed by atoms with Crippen molar-refractivity contribution >= 4 is 15.9 Å². The number of hydrogen-bond acceptors (Lipinski definition) is 0. The summed E-state index contributed by atoms with van der Waals surface area (Å²) in [6, 6.07) is 0. The van der Waals surface area contributed by atoms with E-state index in [0.29, 0.717) is 5.41 Å². The van der Waals surface area contributed by atoms with Crippen molar-refractivity contribution in [1.29, 1.82) is 0 Å². The van der Waals surface area contributed by atoms with Crippen molar-refractivity contribution in [1.82, 2.24) is 0 Å². The molecule has 0 unspecified atom stereocenters. The van der Waals surface area contributed by atoms with E-state index in [9.17, 15) is 0 Å². The van der Waals surface area contributed by atoms with Gasteiger partial charge in [-0.3, -0.25) is 0 Å². The van der Waals surface area contributed by atoms with E-state index in [-0.39, 0.29) is 0 Å². The van der Waals surface area contributed by atoms with Crippen LogP contribution >= 0.6 is 15.9 Å². The molecule has 1 heteroatoms. The monoisotopic (exact) mass is 228 g/mol. The lowest BCUT2D eigenvalue weighted by molar-refractivity contribution is 0.377. The molecule has 1 rings (SSSR count). The van der Waals surface area contributed by atoms with Gasteiger partial charge in [0, 0.05) is 0 Å². The molecule has 1 aliphatic carbocycles. The highest BCUT2D eigenvalue weighted by Crippen LogP contribution is 2.40. The number of hydrogen-bond donors (Lipinski definition) is 0. The zero-order valence-electron chi connectivity index (χ0n) is 8.15. The molecule has 0 saturated heterocycles. The number of rotatable bonds is 1. The average Bonchev–Trinajstić information content (AvgIpc) is 1.97. The predicted octanol–water partition coefficient (Wildman–Crippen LogP) is 4.42. The summed E-state index contributed by atoms with van der Waals surface area (Å²) >= 11 is 3.35. The van der Waals surface area contributed by atoms with Gasteiger partial charge < -0.3 is 0 Å². The molecule has 0 aromatic carbocycles. The summed E-state index contributed by atoms with van der Waals surface area (Å²) in [5.74, 6) is 0. The van der Waals surface area contributed by atoms with Crippen LogP contribution in [0.5, 0.6) is 0 Å². The molecule has 0 amide bonds. The van der Waals surface area contributed by atoms with Crippen LogP contribution < -0.4 is 0 Å². The first kappa shape index (κ1) is 10.0. The zero-order valence-corrected chi connectivity index (χ0v) is 9.74. The van der Waals surface area contributed by atoms with Gasteiger partial charge in [-0.05, 0) is 42.2 Å². The van der Waals surface area contributed by atoms with Gasteiger partial charge in [-0.15, -0.1) is 0 Å². The number of halogens is 1. The molecule has 0 saturated carbocycles. The molecule has 0 N–H and O–H groups in total. The molecule has 0 aromatic heterocycles. The van der Waals surface area contributed by atoms with Gasteiger partial charge in [-0.25, -0.2) is 0 Å². The Bertz CT molecular complexity index is 221. The van der Waals surface area contributed by atoms with Crippen LogP contribution in [0.1, 0.15) is 40.0 Å². The van der Waals surface area contributed by atoms with Gasteiger partial charge in [-0.1, -0.05) is 41.4 Å². The van der Waals surface area contributed by atoms with Crippen molar-refractivity contribution in [2.24, 2.45) is 5.41 Å². The Hall–Kier alpha value is -0.0400. The normalized spacial score (nSPS) is 23.7. The highest BCUT2D eigenvalue weighted by atomic mass is 79.9. The van der Waals surface area contributed by atoms with Crippen LogP contribution in [-0.4, -0.2) is 0 Å². The molecule has 68 valence electrons. The van der Waals surface area contributed by atoms with Crippen molar-refractivity contribution in [2.45, 2.75) is 40.0 Å². The van der Waals surface area contributed by atoms with Gasteiger partial charge in [0.2, 0.25) is 0 Å². The van der Waals surface area contributed by atoms with Gasteiger partial charge in [0.25, 0.3) is 0 Å². The van der Waals surface area contributed by atoms with Gasteiger partial charge in [0.15, 0.2) is 0 Å². The summed E-state index contributed by atoms with van der Waals surface area (Å²) < 4.78 is 0. The van der Waals surface area contributed by atoms with E-state index in [2.05, 4.69) is 42.8 Å². The van der Waals surface area contributed by atoms with Gasteiger partial charge in [0.1, 0.15) is 0 Å². The van der Waals surface area contributed by atoms with Crippen LogP contribution in [0, 0.1) is 5.41 Å². The minimum Gasteiger partial charge on any atom is -0.0696 e. The molecule has 0 nitrogen and oxygen atoms in total. The maximum Gasteiger partial charge on any atom is -0.0104 e. The van der Waals surface area contributed by atoms with E-state index in [1.54, 1.807) is 5.57 Å². The molecule has 0 atom stereocenters. The number of allylic oxidation sites excluding steroid dienone is 3. The van der Waals surface area contributed by atoms with E-state index >= 15 is 0 Å². The van der Waals surface area contributed by atoms with Crippen molar-refractivity contribution in [3.63, 3.8) is 0 Å². The molecule has 0 spiro atoms. The fraction of sp³-hybridized carbons (Fsp3) is 0.636. The first-order chi connectivity index (χ1) is 5.58. The van der Waals surface area contributed by atoms with Gasteiger partial charge >= 0.3 is 0 Å². The average molecular weight is 229 g/mol. The summed E-state index contributed by atoms with van der Waals surface area (Å²) in [5.41, 5.74) is 3.46. The molecule has 0 fully saturated rings. The molecule has 0 radical (unpaired) electrons. The lowest BCUT2D eigenvalue weighted by atomic mass is 9.73. The second kappa shape index (κ2) is 3.78. The van der Waals surface area contributed by atoms with Crippen molar-refractivity contribution < 1.29 is 0 Å². The SMILES string of the molecule is CC1=C(/C=C/Br)C(C)(C)CCC1. The van der Waals surface area contributed by atoms with Crippen LogP contribution in [0.4, 0.5) is 0 Å². The van der Waals surface area contributed by atoms with Crippen LogP contribution in [-0.2, 0) is 0 Å². The first-order valence-electron chi connectivity index (χ1n) is 4.55. The smallest absolute Gasteiger partial charge is 0.0104 e. The molecular weight excluding hydrogens is 212 g/mol. The van der Waals surface area contributed by atoms with E-state index in [4.69, 9.17) is 0 Å². The van der Waals surface area contributed by atoms with Crippen molar-refractivity contribution in [2.75, 3.05) is 0 Å². The third kappa shape index (κ3) is 2.01. The molecule has 0 aromatic rings. The maximum atomic E-state index is 3.35. The Kier molecular flexibility index (Phi) is 3.16. The van der Waals surface area contributed by atoms with Crippen LogP contribution in [0.2, 0.25) is 0 Å². The quantitative estimate of drug-likeness (QED) is 0.624. The lowest BCUT2D eigenvalue weighted by Crippen LogP contribution is -2.18. The Morgan fingerprint density at radius 2 is 2.08 bits per heavy atom. The first-order valence-corrected chi connectivity index (χ1v) is 5.46. The predicted molar refractivity (Wildman–Crippen MR) is 58.4 cm³/mol. The Labute approximate surface area is 83.9 Å². The van der Waals surface area contributed by atoms with Crippen LogP contribution in [0.15, 0.2) is 22.2 Å². The Balaban J connectivity index is 3.00. The third-order valence-corrected chi connectivity index (χ3v) is 3.04. The Morgan fingerprint density at radius 3 is 2.58 bits per heavy atom. The summed E-state index contributed by atoms with van der Waals surface area (Å²) in [7, 11) is 0. The zero-order chi connectivity index (χ0) is 9.19. The molecule has 0 aliphatic heterocycles. The van der Waals surface area contributed by atoms with Gasteiger partial charge in [0.05, 0.1) is 0 Å². The summed E-state index contributed by atoms with van der Waals surface area (Å²) in [4.78, 5) is 1.97. The standard InChI is InChI=1S/C11H17Br/c1-9-5-4-7-11(2,3)10(9)6-8-12/h6,8H,4-5,7H2,1-3H3/b8-6+. The van der Waals surface area contributed by atoms with Crippen LogP contribution in [0.25, 0.3) is 0 Å². The highest BCUT2D eigenvalue weighted by Gasteiger charge is 2.26. The van der Waals surface area contributed by atoms with Crippen LogP contribution in [0.3, 0.4) is 0 Å². The topological polar surface area (TPSA) is 0 Å². The highest BCUT2D eigenvalue weighted by molar-refractivity contribution is 9.11. The van der Waals surface area contributed by atoms with E-state index in [0.717, 1.165) is 0 Å². The van der Waals surface area contributed by atoms with Crippen molar-refractivity contribution in [3.8, 4) is 0 Å².